The molecule has 3 rings (SSSR count). The van der Waals surface area contributed by atoms with E-state index < -0.39 is 0 Å². The minimum absolute atomic E-state index is 0.592. The van der Waals surface area contributed by atoms with Crippen LogP contribution in [0.2, 0.25) is 5.02 Å². The van der Waals surface area contributed by atoms with E-state index in [9.17, 15) is 0 Å². The lowest BCUT2D eigenvalue weighted by Crippen LogP contribution is -2.39. The monoisotopic (exact) mass is 275 g/mol. The quantitative estimate of drug-likeness (QED) is 0.794. The average Bonchev–Trinajstić information content (AvgIpc) is 2.40. The van der Waals surface area contributed by atoms with Gasteiger partial charge in [0.25, 0.3) is 0 Å². The molecule has 2 atom stereocenters. The van der Waals surface area contributed by atoms with Crippen LogP contribution in [0.15, 0.2) is 12.4 Å². The molecule has 0 spiro atoms. The van der Waals surface area contributed by atoms with Crippen LogP contribution in [0.5, 0.6) is 0 Å². The molecule has 0 bridgehead atoms. The Bertz CT molecular complexity index is 494. The van der Waals surface area contributed by atoms with Gasteiger partial charge in [0.05, 0.1) is 17.4 Å². The molecule has 1 aromatic rings. The van der Waals surface area contributed by atoms with Crippen molar-refractivity contribution in [3.05, 3.63) is 17.4 Å². The molecule has 1 aromatic heterocycles. The number of piperidine rings is 1. The van der Waals surface area contributed by atoms with Gasteiger partial charge in [0.2, 0.25) is 5.95 Å². The summed E-state index contributed by atoms with van der Waals surface area (Å²) in [6.45, 7) is 4.30. The summed E-state index contributed by atoms with van der Waals surface area (Å²) in [6, 6.07) is 0. The van der Waals surface area contributed by atoms with E-state index in [4.69, 9.17) is 11.6 Å². The Morgan fingerprint density at radius 1 is 1.26 bits per heavy atom. The molecular weight excluding hydrogens is 258 g/mol. The van der Waals surface area contributed by atoms with E-state index in [1.54, 1.807) is 12.4 Å². The van der Waals surface area contributed by atoms with Gasteiger partial charge < -0.3 is 4.90 Å². The fourth-order valence-electron chi connectivity index (χ4n) is 3.03. The standard InChI is InChI=1S/C15H18ClN3/c1-2-11-3-4-14(11)12-5-7-19(8-6-12)15-17-9-13(16)10-18-15/h9-12,14H,2,5-8H2,1H3. The summed E-state index contributed by atoms with van der Waals surface area (Å²) in [4.78, 5) is 10.8. The van der Waals surface area contributed by atoms with E-state index in [-0.39, 0.29) is 0 Å². The maximum atomic E-state index is 5.81. The van der Waals surface area contributed by atoms with Crippen molar-refractivity contribution in [1.29, 1.82) is 0 Å². The Morgan fingerprint density at radius 2 is 1.95 bits per heavy atom. The van der Waals surface area contributed by atoms with E-state index in [1.165, 1.54) is 19.3 Å². The number of nitrogens with zero attached hydrogens (tertiary/aromatic N) is 3. The molecule has 19 heavy (non-hydrogen) atoms. The zero-order chi connectivity index (χ0) is 13.2. The van der Waals surface area contributed by atoms with Crippen molar-refractivity contribution in [2.45, 2.75) is 26.2 Å². The third-order valence-corrected chi connectivity index (χ3v) is 4.44. The topological polar surface area (TPSA) is 29.0 Å². The number of aromatic nitrogens is 2. The second-order valence-electron chi connectivity index (χ2n) is 5.35. The third kappa shape index (κ3) is 2.55. The second-order valence-corrected chi connectivity index (χ2v) is 5.79. The van der Waals surface area contributed by atoms with E-state index >= 15 is 0 Å². The highest BCUT2D eigenvalue weighted by atomic mass is 35.5. The first-order valence-electron chi connectivity index (χ1n) is 7.01. The number of anilines is 1. The first kappa shape index (κ1) is 12.7. The van der Waals surface area contributed by atoms with Crippen LogP contribution in [0.3, 0.4) is 0 Å². The lowest BCUT2D eigenvalue weighted by Gasteiger charge is -2.38. The molecule has 100 valence electrons. The van der Waals surface area contributed by atoms with Gasteiger partial charge in [-0.1, -0.05) is 30.4 Å². The van der Waals surface area contributed by atoms with Crippen LogP contribution in [-0.2, 0) is 0 Å². The lowest BCUT2D eigenvalue weighted by molar-refractivity contribution is 0.262. The molecule has 2 aliphatic rings. The molecule has 3 nitrogen and oxygen atoms in total. The van der Waals surface area contributed by atoms with Gasteiger partial charge in [-0.3, -0.25) is 0 Å². The van der Waals surface area contributed by atoms with Gasteiger partial charge in [-0.05, 0) is 25.2 Å². The lowest BCUT2D eigenvalue weighted by atomic mass is 9.71. The van der Waals surface area contributed by atoms with Crippen LogP contribution in [0, 0.1) is 29.6 Å². The van der Waals surface area contributed by atoms with Crippen molar-refractivity contribution in [1.82, 2.24) is 9.97 Å². The summed E-state index contributed by atoms with van der Waals surface area (Å²) >= 11 is 5.81. The van der Waals surface area contributed by atoms with Crippen molar-refractivity contribution >= 4 is 17.5 Å². The van der Waals surface area contributed by atoms with Crippen LogP contribution in [0.25, 0.3) is 0 Å². The van der Waals surface area contributed by atoms with Gasteiger partial charge in [-0.25, -0.2) is 9.97 Å². The molecule has 1 aliphatic heterocycles. The minimum Gasteiger partial charge on any atom is -0.341 e. The number of hydrogen-bond acceptors (Lipinski definition) is 3. The summed E-state index contributed by atoms with van der Waals surface area (Å²) in [7, 11) is 0. The minimum atomic E-state index is 0.592. The summed E-state index contributed by atoms with van der Waals surface area (Å²) in [5.41, 5.74) is 0. The molecular formula is C15H18ClN3. The van der Waals surface area contributed by atoms with Gasteiger partial charge >= 0.3 is 0 Å². The van der Waals surface area contributed by atoms with Gasteiger partial charge in [0.15, 0.2) is 0 Å². The highest BCUT2D eigenvalue weighted by Gasteiger charge is 2.33. The first-order chi connectivity index (χ1) is 9.28. The van der Waals surface area contributed by atoms with E-state index in [0.29, 0.717) is 16.9 Å². The van der Waals surface area contributed by atoms with Crippen LogP contribution < -0.4 is 4.90 Å². The van der Waals surface area contributed by atoms with Crippen LogP contribution in [0.4, 0.5) is 5.95 Å². The summed E-state index contributed by atoms with van der Waals surface area (Å²) < 4.78 is 0. The van der Waals surface area contributed by atoms with Crippen molar-refractivity contribution in [3.8, 4) is 11.8 Å². The fraction of sp³-hybridized carbons (Fsp3) is 0.600. The highest BCUT2D eigenvalue weighted by molar-refractivity contribution is 6.30. The van der Waals surface area contributed by atoms with Crippen LogP contribution in [0.1, 0.15) is 26.2 Å². The fourth-order valence-corrected chi connectivity index (χ4v) is 3.12. The van der Waals surface area contributed by atoms with Gasteiger partial charge in [0.1, 0.15) is 0 Å². The summed E-state index contributed by atoms with van der Waals surface area (Å²) in [5.74, 6) is 9.49. The Hall–Kier alpha value is -1.27. The normalized spacial score (nSPS) is 26.5. The maximum Gasteiger partial charge on any atom is 0.225 e. The zero-order valence-electron chi connectivity index (χ0n) is 11.1. The molecule has 2 heterocycles. The average molecular weight is 276 g/mol. The smallest absolute Gasteiger partial charge is 0.225 e. The molecule has 0 aromatic carbocycles. The molecule has 1 saturated heterocycles. The molecule has 2 unspecified atom stereocenters. The molecule has 4 heteroatoms. The maximum absolute atomic E-state index is 5.81. The number of hydrogen-bond donors (Lipinski definition) is 0. The second kappa shape index (κ2) is 5.38. The summed E-state index contributed by atoms with van der Waals surface area (Å²) in [5, 5.41) is 0.592. The van der Waals surface area contributed by atoms with E-state index in [0.717, 1.165) is 25.0 Å². The molecule has 0 N–H and O–H groups in total. The zero-order valence-corrected chi connectivity index (χ0v) is 11.9. The van der Waals surface area contributed by atoms with Crippen LogP contribution in [-0.4, -0.2) is 23.1 Å². The third-order valence-electron chi connectivity index (χ3n) is 4.25. The van der Waals surface area contributed by atoms with E-state index in [1.807, 2.05) is 0 Å². The molecule has 1 fully saturated rings. The van der Waals surface area contributed by atoms with Gasteiger partial charge in [-0.2, -0.15) is 0 Å². The Labute approximate surface area is 119 Å². The Kier molecular flexibility index (Phi) is 3.61. The van der Waals surface area contributed by atoms with Crippen molar-refractivity contribution in [2.75, 3.05) is 18.0 Å². The molecule has 0 saturated carbocycles. The largest absolute Gasteiger partial charge is 0.341 e. The van der Waals surface area contributed by atoms with Crippen molar-refractivity contribution in [2.24, 2.45) is 17.8 Å². The predicted molar refractivity (Wildman–Crippen MR) is 77.0 cm³/mol. The first-order valence-corrected chi connectivity index (χ1v) is 7.39. The Morgan fingerprint density at radius 3 is 2.47 bits per heavy atom. The Balaban J connectivity index is 1.58. The van der Waals surface area contributed by atoms with Crippen molar-refractivity contribution < 1.29 is 0 Å². The van der Waals surface area contributed by atoms with Gasteiger partial charge in [0, 0.05) is 24.9 Å². The van der Waals surface area contributed by atoms with Crippen molar-refractivity contribution in [3.63, 3.8) is 0 Å². The number of rotatable bonds is 3. The molecule has 1 aliphatic carbocycles. The summed E-state index contributed by atoms with van der Waals surface area (Å²) in [6.07, 6.45) is 6.92. The SMILES string of the molecule is CCC1C#CC1C1CCN(c2ncc(Cl)cn2)CC1. The van der Waals surface area contributed by atoms with Crippen LogP contribution >= 0.6 is 11.6 Å². The highest BCUT2D eigenvalue weighted by Crippen LogP contribution is 2.35. The van der Waals surface area contributed by atoms with Gasteiger partial charge in [-0.15, -0.1) is 0 Å². The molecule has 0 amide bonds. The predicted octanol–water partition coefficient (Wildman–Crippen LogP) is 3.01. The molecule has 0 radical (unpaired) electrons. The van der Waals surface area contributed by atoms with E-state index in [2.05, 4.69) is 33.6 Å². The number of halogens is 1.